The van der Waals surface area contributed by atoms with Gasteiger partial charge >= 0.3 is 17.8 Å². The third-order valence-electron chi connectivity index (χ3n) is 4.09. The van der Waals surface area contributed by atoms with E-state index in [1.807, 2.05) is 32.0 Å². The van der Waals surface area contributed by atoms with Crippen molar-refractivity contribution in [2.75, 3.05) is 0 Å². The standard InChI is InChI=1S/C16H18N6O3/c1-9(2)21-15(24)14(23)20(16(21)25)8-12-17-18-19-22(12)13-10(3)6-5-7-11(13)4/h5-7,9H,8H2,1-4H3. The first-order valence-electron chi connectivity index (χ1n) is 7.85. The van der Waals surface area contributed by atoms with Gasteiger partial charge in [-0.1, -0.05) is 18.2 Å². The second-order valence-corrected chi connectivity index (χ2v) is 6.19. The van der Waals surface area contributed by atoms with Crippen molar-refractivity contribution < 1.29 is 14.4 Å². The molecule has 130 valence electrons. The summed E-state index contributed by atoms with van der Waals surface area (Å²) in [6, 6.07) is 4.71. The number of aromatic nitrogens is 4. The quantitative estimate of drug-likeness (QED) is 0.606. The molecule has 1 saturated heterocycles. The molecule has 9 nitrogen and oxygen atoms in total. The van der Waals surface area contributed by atoms with Gasteiger partial charge in [0.05, 0.1) is 12.2 Å². The summed E-state index contributed by atoms with van der Waals surface area (Å²) < 4.78 is 1.49. The number of rotatable bonds is 4. The van der Waals surface area contributed by atoms with Crippen molar-refractivity contribution in [1.29, 1.82) is 0 Å². The van der Waals surface area contributed by atoms with Crippen LogP contribution in [0.1, 0.15) is 30.8 Å². The van der Waals surface area contributed by atoms with Crippen LogP contribution in [0.4, 0.5) is 4.79 Å². The van der Waals surface area contributed by atoms with E-state index in [-0.39, 0.29) is 6.54 Å². The number of benzene rings is 1. The molecular weight excluding hydrogens is 324 g/mol. The lowest BCUT2D eigenvalue weighted by Gasteiger charge is -2.18. The Morgan fingerprint density at radius 2 is 1.68 bits per heavy atom. The number of tetrazole rings is 1. The van der Waals surface area contributed by atoms with E-state index in [9.17, 15) is 14.4 Å². The number of hydrogen-bond donors (Lipinski definition) is 0. The second kappa shape index (κ2) is 6.08. The lowest BCUT2D eigenvalue weighted by atomic mass is 10.1. The molecule has 4 amide bonds. The number of hydrogen-bond acceptors (Lipinski definition) is 6. The zero-order valence-electron chi connectivity index (χ0n) is 14.4. The molecule has 1 aliphatic rings. The van der Waals surface area contributed by atoms with Gasteiger partial charge in [0.1, 0.15) is 0 Å². The lowest BCUT2D eigenvalue weighted by Crippen LogP contribution is -2.38. The molecule has 25 heavy (non-hydrogen) atoms. The van der Waals surface area contributed by atoms with E-state index < -0.39 is 23.9 Å². The van der Waals surface area contributed by atoms with Gasteiger partial charge in [-0.25, -0.2) is 9.69 Å². The van der Waals surface area contributed by atoms with Gasteiger partial charge in [0.15, 0.2) is 5.82 Å². The van der Waals surface area contributed by atoms with Crippen molar-refractivity contribution >= 4 is 17.8 Å². The maximum atomic E-state index is 12.4. The minimum atomic E-state index is -0.866. The van der Waals surface area contributed by atoms with Gasteiger partial charge in [0.2, 0.25) is 0 Å². The van der Waals surface area contributed by atoms with Gasteiger partial charge < -0.3 is 0 Å². The van der Waals surface area contributed by atoms with Gasteiger partial charge in [-0.05, 0) is 49.2 Å². The highest BCUT2D eigenvalue weighted by molar-refractivity contribution is 6.44. The average Bonchev–Trinajstić information content (AvgIpc) is 3.06. The van der Waals surface area contributed by atoms with Crippen LogP contribution in [0.5, 0.6) is 0 Å². The van der Waals surface area contributed by atoms with Gasteiger partial charge in [-0.15, -0.1) is 5.10 Å². The predicted octanol–water partition coefficient (Wildman–Crippen LogP) is 0.978. The number of carbonyl (C=O) groups is 3. The van der Waals surface area contributed by atoms with Crippen LogP contribution in [0.3, 0.4) is 0 Å². The molecular formula is C16H18N6O3. The molecule has 1 aromatic heterocycles. The molecule has 0 N–H and O–H groups in total. The van der Waals surface area contributed by atoms with Crippen molar-refractivity contribution in [2.45, 2.75) is 40.3 Å². The summed E-state index contributed by atoms with van der Waals surface area (Å²) in [5, 5.41) is 11.6. The molecule has 1 fully saturated rings. The summed E-state index contributed by atoms with van der Waals surface area (Å²) >= 11 is 0. The van der Waals surface area contributed by atoms with Crippen LogP contribution in [0.2, 0.25) is 0 Å². The van der Waals surface area contributed by atoms with Gasteiger partial charge in [0, 0.05) is 6.04 Å². The van der Waals surface area contributed by atoms with Crippen LogP contribution >= 0.6 is 0 Å². The van der Waals surface area contributed by atoms with Crippen molar-refractivity contribution in [3.63, 3.8) is 0 Å². The Morgan fingerprint density at radius 3 is 2.24 bits per heavy atom. The minimum Gasteiger partial charge on any atom is -0.263 e. The first kappa shape index (κ1) is 16.7. The molecule has 1 aliphatic heterocycles. The first-order chi connectivity index (χ1) is 11.8. The highest BCUT2D eigenvalue weighted by atomic mass is 16.2. The van der Waals surface area contributed by atoms with Crippen molar-refractivity contribution in [1.82, 2.24) is 30.0 Å². The summed E-state index contributed by atoms with van der Waals surface area (Å²) in [5.74, 6) is -1.39. The minimum absolute atomic E-state index is 0.173. The molecule has 3 rings (SSSR count). The maximum Gasteiger partial charge on any atom is 0.334 e. The molecule has 0 aliphatic carbocycles. The molecule has 9 heteroatoms. The first-order valence-corrected chi connectivity index (χ1v) is 7.85. The number of imide groups is 2. The van der Waals surface area contributed by atoms with Crippen molar-refractivity contribution in [2.24, 2.45) is 0 Å². The van der Waals surface area contributed by atoms with E-state index in [4.69, 9.17) is 0 Å². The zero-order valence-corrected chi connectivity index (χ0v) is 14.4. The van der Waals surface area contributed by atoms with Crippen LogP contribution in [0, 0.1) is 13.8 Å². The monoisotopic (exact) mass is 342 g/mol. The van der Waals surface area contributed by atoms with Crippen LogP contribution in [-0.2, 0) is 16.1 Å². The topological polar surface area (TPSA) is 101 Å². The van der Waals surface area contributed by atoms with Crippen LogP contribution < -0.4 is 0 Å². The summed E-state index contributed by atoms with van der Waals surface area (Å²) in [5.41, 5.74) is 2.69. The number of para-hydroxylation sites is 1. The Balaban J connectivity index is 1.96. The molecule has 0 spiro atoms. The van der Waals surface area contributed by atoms with Crippen molar-refractivity contribution in [3.05, 3.63) is 35.2 Å². The predicted molar refractivity (Wildman–Crippen MR) is 86.6 cm³/mol. The fourth-order valence-electron chi connectivity index (χ4n) is 2.88. The molecule has 0 atom stereocenters. The SMILES string of the molecule is Cc1cccc(C)c1-n1nnnc1CN1C(=O)C(=O)N(C(C)C)C1=O. The van der Waals surface area contributed by atoms with E-state index in [0.29, 0.717) is 5.82 Å². The lowest BCUT2D eigenvalue weighted by molar-refractivity contribution is -0.144. The maximum absolute atomic E-state index is 12.4. The smallest absolute Gasteiger partial charge is 0.263 e. The molecule has 2 heterocycles. The van der Waals surface area contributed by atoms with Gasteiger partial charge in [-0.2, -0.15) is 4.68 Å². The fraction of sp³-hybridized carbons (Fsp3) is 0.375. The third-order valence-corrected chi connectivity index (χ3v) is 4.09. The van der Waals surface area contributed by atoms with E-state index in [2.05, 4.69) is 15.5 Å². The van der Waals surface area contributed by atoms with E-state index >= 15 is 0 Å². The molecule has 1 aromatic carbocycles. The summed E-state index contributed by atoms with van der Waals surface area (Å²) in [6.07, 6.45) is 0. The highest BCUT2D eigenvalue weighted by Crippen LogP contribution is 2.21. The summed E-state index contributed by atoms with van der Waals surface area (Å²) in [4.78, 5) is 38.4. The highest BCUT2D eigenvalue weighted by Gasteiger charge is 2.46. The molecule has 0 bridgehead atoms. The third kappa shape index (κ3) is 2.67. The number of carbonyl (C=O) groups excluding carboxylic acids is 3. The number of nitrogens with zero attached hydrogens (tertiary/aromatic N) is 6. The van der Waals surface area contributed by atoms with E-state index in [1.165, 1.54) is 4.68 Å². The van der Waals surface area contributed by atoms with Crippen LogP contribution in [0.25, 0.3) is 5.69 Å². The largest absolute Gasteiger partial charge is 0.334 e. The molecule has 0 radical (unpaired) electrons. The second-order valence-electron chi connectivity index (χ2n) is 6.19. The van der Waals surface area contributed by atoms with Crippen LogP contribution in [0.15, 0.2) is 18.2 Å². The Morgan fingerprint density at radius 1 is 1.04 bits per heavy atom. The normalized spacial score (nSPS) is 15.0. The van der Waals surface area contributed by atoms with E-state index in [0.717, 1.165) is 26.6 Å². The Labute approximate surface area is 144 Å². The Kier molecular flexibility index (Phi) is 4.07. The Bertz CT molecular complexity index is 852. The van der Waals surface area contributed by atoms with Gasteiger partial charge in [-0.3, -0.25) is 14.5 Å². The summed E-state index contributed by atoms with van der Waals surface area (Å²) in [6.45, 7) is 7.02. The van der Waals surface area contributed by atoms with Crippen molar-refractivity contribution in [3.8, 4) is 5.69 Å². The fourth-order valence-corrected chi connectivity index (χ4v) is 2.88. The van der Waals surface area contributed by atoms with Crippen LogP contribution in [-0.4, -0.2) is 53.9 Å². The average molecular weight is 342 g/mol. The molecule has 2 aromatic rings. The number of amides is 4. The summed E-state index contributed by atoms with van der Waals surface area (Å²) in [7, 11) is 0. The molecule has 0 unspecified atom stereocenters. The Hall–Kier alpha value is -3.10. The molecule has 0 saturated carbocycles. The zero-order chi connectivity index (χ0) is 18.3. The number of urea groups is 1. The van der Waals surface area contributed by atoms with E-state index in [1.54, 1.807) is 13.8 Å². The number of aryl methyl sites for hydroxylation is 2. The van der Waals surface area contributed by atoms with Gasteiger partial charge in [0.25, 0.3) is 0 Å².